The molecule has 1 aromatic carbocycles. The molecule has 0 aliphatic carbocycles. The van der Waals surface area contributed by atoms with E-state index in [9.17, 15) is 4.79 Å². The molecule has 1 saturated heterocycles. The largest absolute Gasteiger partial charge is 0.490 e. The Balaban J connectivity index is 2.06. The molecule has 0 saturated carbocycles. The number of hydrogen-bond donors (Lipinski definition) is 1. The summed E-state index contributed by atoms with van der Waals surface area (Å²) in [6.07, 6.45) is 6.31. The molecule has 1 N–H and O–H groups in total. The van der Waals surface area contributed by atoms with Crippen molar-refractivity contribution in [3.05, 3.63) is 48.2 Å². The van der Waals surface area contributed by atoms with E-state index in [1.807, 2.05) is 30.4 Å². The Hall–Kier alpha value is -2.07. The zero-order chi connectivity index (χ0) is 14.4. The van der Waals surface area contributed by atoms with Crippen LogP contribution in [0.1, 0.15) is 18.1 Å². The van der Waals surface area contributed by atoms with Gasteiger partial charge in [-0.15, -0.1) is 6.58 Å². The summed E-state index contributed by atoms with van der Waals surface area (Å²) in [6.45, 7) is 6.62. The van der Waals surface area contributed by atoms with Gasteiger partial charge in [-0.3, -0.25) is 4.79 Å². The van der Waals surface area contributed by atoms with E-state index in [0.717, 1.165) is 29.9 Å². The number of epoxide rings is 1. The van der Waals surface area contributed by atoms with Gasteiger partial charge in [0.15, 0.2) is 0 Å². The molecular weight excluding hydrogens is 254 g/mol. The third-order valence-corrected chi connectivity index (χ3v) is 2.84. The van der Waals surface area contributed by atoms with E-state index < -0.39 is 0 Å². The van der Waals surface area contributed by atoms with E-state index in [-0.39, 0.29) is 12.0 Å². The first-order valence-corrected chi connectivity index (χ1v) is 6.61. The lowest BCUT2D eigenvalue weighted by molar-refractivity contribution is -0.118. The van der Waals surface area contributed by atoms with E-state index >= 15 is 0 Å². The first-order chi connectivity index (χ1) is 9.69. The number of allylic oxidation sites excluding steroid dienone is 1. The second-order valence-corrected chi connectivity index (χ2v) is 4.66. The molecule has 1 unspecified atom stereocenters. The predicted molar refractivity (Wildman–Crippen MR) is 78.4 cm³/mol. The first kappa shape index (κ1) is 14.3. The number of benzene rings is 1. The number of nitrogens with one attached hydrogen (secondary N) is 1. The van der Waals surface area contributed by atoms with Crippen LogP contribution in [0.25, 0.3) is 6.08 Å². The second-order valence-electron chi connectivity index (χ2n) is 4.66. The SMILES string of the molecule is C=CCc1cc(/C=C/NC(C)=O)ccc1OCC1CO1. The molecule has 1 fully saturated rings. The van der Waals surface area contributed by atoms with Crippen molar-refractivity contribution in [3.8, 4) is 5.75 Å². The van der Waals surface area contributed by atoms with Crippen LogP contribution in [0.4, 0.5) is 0 Å². The number of carbonyl (C=O) groups excluding carboxylic acids is 1. The molecule has 1 amide bonds. The van der Waals surface area contributed by atoms with Crippen LogP contribution in [-0.4, -0.2) is 25.2 Å². The van der Waals surface area contributed by atoms with Gasteiger partial charge in [-0.1, -0.05) is 12.1 Å². The van der Waals surface area contributed by atoms with Crippen LogP contribution in [0.15, 0.2) is 37.1 Å². The fraction of sp³-hybridized carbons (Fsp3) is 0.312. The summed E-state index contributed by atoms with van der Waals surface area (Å²) in [5.41, 5.74) is 2.08. The van der Waals surface area contributed by atoms with Crippen LogP contribution in [0.3, 0.4) is 0 Å². The van der Waals surface area contributed by atoms with Crippen molar-refractivity contribution in [1.29, 1.82) is 0 Å². The third kappa shape index (κ3) is 4.55. The van der Waals surface area contributed by atoms with E-state index in [1.165, 1.54) is 6.92 Å². The van der Waals surface area contributed by atoms with Crippen molar-refractivity contribution >= 4 is 12.0 Å². The van der Waals surface area contributed by atoms with Gasteiger partial charge < -0.3 is 14.8 Å². The van der Waals surface area contributed by atoms with Gasteiger partial charge in [-0.2, -0.15) is 0 Å². The minimum absolute atomic E-state index is 0.0862. The molecule has 20 heavy (non-hydrogen) atoms. The Morgan fingerprint density at radius 2 is 2.40 bits per heavy atom. The fourth-order valence-electron chi connectivity index (χ4n) is 1.76. The average Bonchev–Trinajstić information content (AvgIpc) is 3.22. The van der Waals surface area contributed by atoms with Crippen LogP contribution < -0.4 is 10.1 Å². The van der Waals surface area contributed by atoms with Crippen molar-refractivity contribution in [3.63, 3.8) is 0 Å². The first-order valence-electron chi connectivity index (χ1n) is 6.61. The molecule has 0 aromatic heterocycles. The van der Waals surface area contributed by atoms with Crippen LogP contribution >= 0.6 is 0 Å². The van der Waals surface area contributed by atoms with Gasteiger partial charge in [0.1, 0.15) is 18.5 Å². The molecule has 1 aliphatic heterocycles. The summed E-state index contributed by atoms with van der Waals surface area (Å²) in [5, 5.41) is 2.62. The maximum absolute atomic E-state index is 10.8. The Labute approximate surface area is 119 Å². The van der Waals surface area contributed by atoms with Crippen molar-refractivity contribution in [2.45, 2.75) is 19.4 Å². The van der Waals surface area contributed by atoms with Crippen LogP contribution in [-0.2, 0) is 16.0 Å². The lowest BCUT2D eigenvalue weighted by atomic mass is 10.1. The summed E-state index contributed by atoms with van der Waals surface area (Å²) in [5.74, 6) is 0.772. The van der Waals surface area contributed by atoms with E-state index in [0.29, 0.717) is 6.61 Å². The monoisotopic (exact) mass is 273 g/mol. The van der Waals surface area contributed by atoms with Gasteiger partial charge in [0.25, 0.3) is 0 Å². The third-order valence-electron chi connectivity index (χ3n) is 2.84. The number of rotatable bonds is 7. The molecule has 4 heteroatoms. The van der Waals surface area contributed by atoms with Crippen molar-refractivity contribution in [2.75, 3.05) is 13.2 Å². The quantitative estimate of drug-likeness (QED) is 0.612. The van der Waals surface area contributed by atoms with E-state index in [2.05, 4.69) is 11.9 Å². The summed E-state index contributed by atoms with van der Waals surface area (Å²) >= 11 is 0. The van der Waals surface area contributed by atoms with Gasteiger partial charge in [0.2, 0.25) is 5.91 Å². The molecule has 1 atom stereocenters. The Bertz CT molecular complexity index is 518. The average molecular weight is 273 g/mol. The standard InChI is InChI=1S/C16H19NO3/c1-3-4-14-9-13(7-8-17-12(2)18)5-6-16(14)20-11-15-10-19-15/h3,5-9,15H,1,4,10-11H2,2H3,(H,17,18)/b8-7+. The topological polar surface area (TPSA) is 50.9 Å². The molecule has 1 aromatic rings. The summed E-state index contributed by atoms with van der Waals surface area (Å²) in [7, 11) is 0. The van der Waals surface area contributed by atoms with Gasteiger partial charge in [-0.25, -0.2) is 0 Å². The molecule has 0 spiro atoms. The molecule has 2 rings (SSSR count). The summed E-state index contributed by atoms with van der Waals surface area (Å²) in [6, 6.07) is 5.92. The predicted octanol–water partition coefficient (Wildman–Crippen LogP) is 2.30. The minimum atomic E-state index is -0.0862. The second kappa shape index (κ2) is 6.91. The lowest BCUT2D eigenvalue weighted by Crippen LogP contribution is -2.11. The molecule has 1 aliphatic rings. The normalized spacial score (nSPS) is 16.9. The number of ether oxygens (including phenoxy) is 2. The highest BCUT2D eigenvalue weighted by molar-refractivity contribution is 5.75. The molecular formula is C16H19NO3. The van der Waals surface area contributed by atoms with Crippen molar-refractivity contribution < 1.29 is 14.3 Å². The number of amides is 1. The number of carbonyl (C=O) groups is 1. The highest BCUT2D eigenvalue weighted by atomic mass is 16.6. The van der Waals surface area contributed by atoms with Crippen molar-refractivity contribution in [1.82, 2.24) is 5.32 Å². The number of hydrogen-bond acceptors (Lipinski definition) is 3. The molecule has 1 heterocycles. The molecule has 0 radical (unpaired) electrons. The molecule has 4 nitrogen and oxygen atoms in total. The molecule has 106 valence electrons. The Morgan fingerprint density at radius 3 is 3.05 bits per heavy atom. The zero-order valence-corrected chi connectivity index (χ0v) is 11.6. The Kier molecular flexibility index (Phi) is 4.96. The van der Waals surface area contributed by atoms with E-state index in [4.69, 9.17) is 9.47 Å². The van der Waals surface area contributed by atoms with Crippen LogP contribution in [0.2, 0.25) is 0 Å². The van der Waals surface area contributed by atoms with Gasteiger partial charge in [0, 0.05) is 13.1 Å². The van der Waals surface area contributed by atoms with Gasteiger partial charge in [-0.05, 0) is 35.8 Å². The minimum Gasteiger partial charge on any atom is -0.490 e. The Morgan fingerprint density at radius 1 is 1.60 bits per heavy atom. The smallest absolute Gasteiger partial charge is 0.220 e. The van der Waals surface area contributed by atoms with Crippen molar-refractivity contribution in [2.24, 2.45) is 0 Å². The fourth-order valence-corrected chi connectivity index (χ4v) is 1.76. The van der Waals surface area contributed by atoms with Gasteiger partial charge in [0.05, 0.1) is 6.61 Å². The van der Waals surface area contributed by atoms with Crippen LogP contribution in [0, 0.1) is 0 Å². The lowest BCUT2D eigenvalue weighted by Gasteiger charge is -2.10. The van der Waals surface area contributed by atoms with Gasteiger partial charge >= 0.3 is 0 Å². The summed E-state index contributed by atoms with van der Waals surface area (Å²) in [4.78, 5) is 10.8. The zero-order valence-electron chi connectivity index (χ0n) is 11.6. The highest BCUT2D eigenvalue weighted by Crippen LogP contribution is 2.23. The highest BCUT2D eigenvalue weighted by Gasteiger charge is 2.23. The van der Waals surface area contributed by atoms with E-state index in [1.54, 1.807) is 6.20 Å². The van der Waals surface area contributed by atoms with Crippen LogP contribution in [0.5, 0.6) is 5.75 Å². The summed E-state index contributed by atoms with van der Waals surface area (Å²) < 4.78 is 10.9. The molecule has 0 bridgehead atoms. The maximum atomic E-state index is 10.8. The maximum Gasteiger partial charge on any atom is 0.220 e.